The van der Waals surface area contributed by atoms with Crippen molar-refractivity contribution in [3.05, 3.63) is 24.2 Å². The zero-order valence-corrected chi connectivity index (χ0v) is 19.4. The molecule has 5 nitrogen and oxygen atoms in total. The fourth-order valence-corrected chi connectivity index (χ4v) is 3.08. The topological polar surface area (TPSA) is 48.3 Å². The van der Waals surface area contributed by atoms with Gasteiger partial charge in [-0.2, -0.15) is 0 Å². The van der Waals surface area contributed by atoms with Gasteiger partial charge in [-0.15, -0.1) is 0 Å². The first kappa shape index (κ1) is 27.9. The molecule has 1 unspecified atom stereocenters. The maximum absolute atomic E-state index is 9.92. The van der Waals surface area contributed by atoms with E-state index in [1.54, 1.807) is 7.11 Å². The van der Waals surface area contributed by atoms with Crippen LogP contribution in [0, 0.1) is 5.92 Å². The molecule has 1 rings (SSSR count). The molecular formula is C22H45N3O2. The molecule has 1 saturated heterocycles. The van der Waals surface area contributed by atoms with E-state index >= 15 is 0 Å². The Bertz CT molecular complexity index is 431. The first-order valence-electron chi connectivity index (χ1n) is 10.4. The molecule has 1 aliphatic heterocycles. The van der Waals surface area contributed by atoms with Gasteiger partial charge in [0.15, 0.2) is 0 Å². The molecule has 0 bridgehead atoms. The van der Waals surface area contributed by atoms with Crippen molar-refractivity contribution in [1.29, 1.82) is 0 Å². The van der Waals surface area contributed by atoms with Crippen LogP contribution in [0.15, 0.2) is 29.2 Å². The lowest BCUT2D eigenvalue weighted by Gasteiger charge is -2.38. The summed E-state index contributed by atoms with van der Waals surface area (Å²) in [7, 11) is 1.57. The molecule has 1 N–H and O–H groups in total. The van der Waals surface area contributed by atoms with Gasteiger partial charge in [-0.05, 0) is 39.7 Å². The molecule has 0 spiro atoms. The maximum Gasteiger partial charge on any atom is 0.205 e. The van der Waals surface area contributed by atoms with Gasteiger partial charge in [0.05, 0.1) is 24.6 Å². The van der Waals surface area contributed by atoms with Crippen LogP contribution in [-0.4, -0.2) is 66.6 Å². The van der Waals surface area contributed by atoms with Crippen molar-refractivity contribution in [2.45, 2.75) is 67.4 Å². The van der Waals surface area contributed by atoms with Gasteiger partial charge in [0, 0.05) is 32.7 Å². The summed E-state index contributed by atoms with van der Waals surface area (Å²) < 4.78 is 4.97. The van der Waals surface area contributed by atoms with Gasteiger partial charge in [-0.1, -0.05) is 40.7 Å². The summed E-state index contributed by atoms with van der Waals surface area (Å²) in [6.45, 7) is 24.8. The van der Waals surface area contributed by atoms with Gasteiger partial charge in [-0.3, -0.25) is 4.90 Å². The zero-order chi connectivity index (χ0) is 21.5. The predicted octanol–water partition coefficient (Wildman–Crippen LogP) is 4.55. The predicted molar refractivity (Wildman–Crippen MR) is 119 cm³/mol. The third-order valence-electron chi connectivity index (χ3n) is 4.03. The van der Waals surface area contributed by atoms with E-state index in [1.807, 2.05) is 54.7 Å². The molecule has 0 aliphatic carbocycles. The van der Waals surface area contributed by atoms with Gasteiger partial charge < -0.3 is 14.7 Å². The van der Waals surface area contributed by atoms with Crippen molar-refractivity contribution < 1.29 is 9.84 Å². The largest absolute Gasteiger partial charge is 0.481 e. The Kier molecular flexibility index (Phi) is 16.2. The number of rotatable bonds is 8. The van der Waals surface area contributed by atoms with Crippen LogP contribution in [0.5, 0.6) is 0 Å². The Balaban J connectivity index is 0. The number of ether oxygens (including phenoxy) is 1. The van der Waals surface area contributed by atoms with Gasteiger partial charge >= 0.3 is 0 Å². The van der Waals surface area contributed by atoms with E-state index < -0.39 is 5.60 Å². The highest BCUT2D eigenvalue weighted by Crippen LogP contribution is 2.18. The number of piperazine rings is 1. The van der Waals surface area contributed by atoms with Gasteiger partial charge in [0.1, 0.15) is 0 Å². The number of allylic oxidation sites excluding steroid dienone is 2. The van der Waals surface area contributed by atoms with Gasteiger partial charge in [-0.25, -0.2) is 4.99 Å². The molecule has 1 heterocycles. The van der Waals surface area contributed by atoms with Crippen molar-refractivity contribution in [3.63, 3.8) is 0 Å². The minimum absolute atomic E-state index is 0.420. The first-order valence-corrected chi connectivity index (χ1v) is 10.4. The van der Waals surface area contributed by atoms with Crippen LogP contribution < -0.4 is 0 Å². The van der Waals surface area contributed by atoms with Gasteiger partial charge in [0.2, 0.25) is 5.88 Å². The molecule has 5 heteroatoms. The summed E-state index contributed by atoms with van der Waals surface area (Å²) in [5.74, 6) is 0.915. The normalized spacial score (nSPS) is 16.8. The highest BCUT2D eigenvalue weighted by Gasteiger charge is 2.22. The number of aliphatic imine (C=N–C) groups is 1. The quantitative estimate of drug-likeness (QED) is 0.493. The highest BCUT2D eigenvalue weighted by molar-refractivity contribution is 5.78. The van der Waals surface area contributed by atoms with Crippen LogP contribution >= 0.6 is 0 Å². The summed E-state index contributed by atoms with van der Waals surface area (Å²) in [5.41, 5.74) is 0.520. The molecule has 27 heavy (non-hydrogen) atoms. The van der Waals surface area contributed by atoms with E-state index in [0.717, 1.165) is 44.8 Å². The van der Waals surface area contributed by atoms with E-state index in [1.165, 1.54) is 0 Å². The number of aliphatic hydroxyl groups is 1. The van der Waals surface area contributed by atoms with Crippen molar-refractivity contribution in [3.8, 4) is 0 Å². The average Bonchev–Trinajstić information content (AvgIpc) is 2.65. The second-order valence-electron chi connectivity index (χ2n) is 6.98. The number of hydrogen-bond acceptors (Lipinski definition) is 5. The third-order valence-corrected chi connectivity index (χ3v) is 4.03. The average molecular weight is 384 g/mol. The molecule has 0 aromatic rings. The lowest BCUT2D eigenvalue weighted by molar-refractivity contribution is 0.0443. The second kappa shape index (κ2) is 15.7. The number of hydrogen-bond donors (Lipinski definition) is 1. The van der Waals surface area contributed by atoms with Crippen LogP contribution in [0.2, 0.25) is 0 Å². The van der Waals surface area contributed by atoms with E-state index in [0.29, 0.717) is 11.8 Å². The van der Waals surface area contributed by atoms with Crippen molar-refractivity contribution in [1.82, 2.24) is 9.80 Å². The molecule has 0 aromatic carbocycles. The zero-order valence-electron chi connectivity index (χ0n) is 19.4. The fourth-order valence-electron chi connectivity index (χ4n) is 3.08. The number of nitrogens with zero attached hydrogens (tertiary/aromatic N) is 3. The van der Waals surface area contributed by atoms with E-state index in [4.69, 9.17) is 4.74 Å². The summed E-state index contributed by atoms with van der Waals surface area (Å²) in [6, 6.07) is 0. The van der Waals surface area contributed by atoms with E-state index in [-0.39, 0.29) is 0 Å². The van der Waals surface area contributed by atoms with Crippen LogP contribution in [0.1, 0.15) is 61.8 Å². The van der Waals surface area contributed by atoms with E-state index in [2.05, 4.69) is 34.4 Å². The second-order valence-corrected chi connectivity index (χ2v) is 6.98. The summed E-state index contributed by atoms with van der Waals surface area (Å²) in [4.78, 5) is 9.02. The summed E-state index contributed by atoms with van der Waals surface area (Å²) in [5, 5.41) is 9.92. The van der Waals surface area contributed by atoms with Crippen LogP contribution in [0.25, 0.3) is 0 Å². The Hall–Kier alpha value is -1.33. The first-order chi connectivity index (χ1) is 12.7. The molecule has 1 aliphatic rings. The molecule has 0 amide bonds. The molecule has 1 atom stereocenters. The Morgan fingerprint density at radius 2 is 1.70 bits per heavy atom. The molecule has 0 saturated carbocycles. The van der Waals surface area contributed by atoms with Gasteiger partial charge in [0.25, 0.3) is 0 Å². The summed E-state index contributed by atoms with van der Waals surface area (Å²) >= 11 is 0. The highest BCUT2D eigenvalue weighted by atomic mass is 16.5. The lowest BCUT2D eigenvalue weighted by Crippen LogP contribution is -2.47. The Labute approximate surface area is 168 Å². The standard InChI is InChI=1S/C18H33N3O2.2C2H6/c1-7-17(13-19-16(3)23-6)21-10-8-20(9-11-21)14-15(2)12-18(4,5)22;2*1-2/h7,13,15,22H,3,8-12,14H2,1-2,4-6H3;2*1-2H3/b17-7+,19-13-;;. The van der Waals surface area contributed by atoms with Crippen LogP contribution in [0.3, 0.4) is 0 Å². The third kappa shape index (κ3) is 13.5. The van der Waals surface area contributed by atoms with Crippen LogP contribution in [-0.2, 0) is 4.74 Å². The fraction of sp³-hybridized carbons (Fsp3) is 0.773. The number of methoxy groups -OCH3 is 1. The molecular weight excluding hydrogens is 338 g/mol. The smallest absolute Gasteiger partial charge is 0.205 e. The van der Waals surface area contributed by atoms with Crippen molar-refractivity contribution >= 4 is 6.21 Å². The van der Waals surface area contributed by atoms with Crippen LogP contribution in [0.4, 0.5) is 0 Å². The minimum atomic E-state index is -0.584. The summed E-state index contributed by atoms with van der Waals surface area (Å²) in [6.07, 6.45) is 4.72. The molecule has 1 fully saturated rings. The van der Waals surface area contributed by atoms with Crippen molar-refractivity contribution in [2.24, 2.45) is 10.9 Å². The molecule has 0 aromatic heterocycles. The Morgan fingerprint density at radius 3 is 2.11 bits per heavy atom. The van der Waals surface area contributed by atoms with E-state index in [9.17, 15) is 5.11 Å². The molecule has 160 valence electrons. The SMILES string of the molecule is C=C(/N=C\C(=C/C)N1CCN(CC(C)CC(C)(C)O)CC1)OC.CC.CC. The maximum atomic E-state index is 9.92. The Morgan fingerprint density at radius 1 is 1.19 bits per heavy atom. The minimum Gasteiger partial charge on any atom is -0.481 e. The lowest BCUT2D eigenvalue weighted by atomic mass is 9.94. The monoisotopic (exact) mass is 383 g/mol. The molecule has 0 radical (unpaired) electrons. The van der Waals surface area contributed by atoms with Crippen molar-refractivity contribution in [2.75, 3.05) is 39.8 Å².